The summed E-state index contributed by atoms with van der Waals surface area (Å²) in [7, 11) is 1.97. The van der Waals surface area contributed by atoms with Gasteiger partial charge in [0.05, 0.1) is 6.61 Å². The fourth-order valence-electron chi connectivity index (χ4n) is 0.786. The molecule has 0 bridgehead atoms. The molecule has 1 aliphatic heterocycles. The predicted octanol–water partition coefficient (Wildman–Crippen LogP) is 0.298. The van der Waals surface area contributed by atoms with Gasteiger partial charge in [-0.25, -0.2) is 0 Å². The van der Waals surface area contributed by atoms with Crippen LogP contribution in [-0.4, -0.2) is 30.8 Å². The van der Waals surface area contributed by atoms with Crippen LogP contribution in [0.4, 0.5) is 0 Å². The van der Waals surface area contributed by atoms with Crippen molar-refractivity contribution in [2.24, 2.45) is 0 Å². The van der Waals surface area contributed by atoms with Crippen LogP contribution in [0.5, 0.6) is 0 Å². The van der Waals surface area contributed by atoms with Crippen LogP contribution in [0.3, 0.4) is 0 Å². The summed E-state index contributed by atoms with van der Waals surface area (Å²) in [6.07, 6.45) is 5.29. The van der Waals surface area contributed by atoms with Crippen LogP contribution in [-0.2, 0) is 4.74 Å². The predicted molar refractivity (Wildman–Crippen MR) is 35.8 cm³/mol. The lowest BCUT2D eigenvalue weighted by Gasteiger charge is -2.22. The first kappa shape index (κ1) is 6.60. The fraction of sp³-hybridized carbons (Fsp3) is 0.714. The van der Waals surface area contributed by atoms with Crippen LogP contribution < -0.4 is 0 Å². The minimum atomic E-state index is -0.167. The molecule has 0 aromatic rings. The zero-order chi connectivity index (χ0) is 6.91. The van der Waals surface area contributed by atoms with E-state index in [0.717, 1.165) is 0 Å². The standard InChI is InChI=1S/C7H11NO/c1-4-7(2)5-9-6-8(7)3/h1H,5-6H2,2-3H3. The summed E-state index contributed by atoms with van der Waals surface area (Å²) in [6.45, 7) is 3.31. The molecule has 0 spiro atoms. The molecule has 1 saturated heterocycles. The monoisotopic (exact) mass is 125 g/mol. The lowest BCUT2D eigenvalue weighted by atomic mass is 10.1. The molecule has 0 radical (unpaired) electrons. The summed E-state index contributed by atoms with van der Waals surface area (Å²) < 4.78 is 5.15. The number of ether oxygens (including phenoxy) is 1. The number of rotatable bonds is 0. The van der Waals surface area contributed by atoms with Gasteiger partial charge in [-0.2, -0.15) is 0 Å². The summed E-state index contributed by atoms with van der Waals surface area (Å²) in [5.41, 5.74) is -0.167. The van der Waals surface area contributed by atoms with Crippen molar-refractivity contribution in [1.29, 1.82) is 0 Å². The summed E-state index contributed by atoms with van der Waals surface area (Å²) >= 11 is 0. The Morgan fingerprint density at radius 2 is 2.44 bits per heavy atom. The van der Waals surface area contributed by atoms with E-state index in [1.165, 1.54) is 0 Å². The molecule has 50 valence electrons. The smallest absolute Gasteiger partial charge is 0.105 e. The van der Waals surface area contributed by atoms with Crippen LogP contribution in [0.15, 0.2) is 0 Å². The first-order valence-corrected chi connectivity index (χ1v) is 2.96. The molecule has 1 atom stereocenters. The Morgan fingerprint density at radius 1 is 1.78 bits per heavy atom. The van der Waals surface area contributed by atoms with Gasteiger partial charge in [0, 0.05) is 0 Å². The van der Waals surface area contributed by atoms with Crippen molar-refractivity contribution >= 4 is 0 Å². The number of nitrogens with zero attached hydrogens (tertiary/aromatic N) is 1. The van der Waals surface area contributed by atoms with Crippen molar-refractivity contribution in [3.05, 3.63) is 0 Å². The Hall–Kier alpha value is -0.520. The maximum atomic E-state index is 5.29. The third-order valence-electron chi connectivity index (χ3n) is 1.82. The highest BCUT2D eigenvalue weighted by Crippen LogP contribution is 2.17. The van der Waals surface area contributed by atoms with Gasteiger partial charge in [0.2, 0.25) is 0 Å². The van der Waals surface area contributed by atoms with E-state index in [2.05, 4.69) is 5.92 Å². The average molecular weight is 125 g/mol. The minimum absolute atomic E-state index is 0.167. The maximum absolute atomic E-state index is 5.29. The summed E-state index contributed by atoms with van der Waals surface area (Å²) in [5, 5.41) is 0. The van der Waals surface area contributed by atoms with E-state index in [9.17, 15) is 0 Å². The van der Waals surface area contributed by atoms with Crippen molar-refractivity contribution in [3.63, 3.8) is 0 Å². The van der Waals surface area contributed by atoms with Gasteiger partial charge in [0.1, 0.15) is 12.3 Å². The Morgan fingerprint density at radius 3 is 2.67 bits per heavy atom. The minimum Gasteiger partial charge on any atom is -0.363 e. The molecule has 0 amide bonds. The molecule has 1 rings (SSSR count). The summed E-state index contributed by atoms with van der Waals surface area (Å²) in [5.74, 6) is 2.69. The molecule has 1 heterocycles. The van der Waals surface area contributed by atoms with Gasteiger partial charge in [0.25, 0.3) is 0 Å². The van der Waals surface area contributed by atoms with Crippen molar-refractivity contribution in [2.45, 2.75) is 12.5 Å². The van der Waals surface area contributed by atoms with Gasteiger partial charge in [-0.15, -0.1) is 6.42 Å². The third kappa shape index (κ3) is 0.937. The third-order valence-corrected chi connectivity index (χ3v) is 1.82. The first-order valence-electron chi connectivity index (χ1n) is 2.96. The molecule has 0 saturated carbocycles. The second-order valence-corrected chi connectivity index (χ2v) is 2.59. The summed E-state index contributed by atoms with van der Waals surface area (Å²) in [4.78, 5) is 2.02. The SMILES string of the molecule is C#CC1(C)COCN1C. The highest BCUT2D eigenvalue weighted by atomic mass is 16.5. The fourth-order valence-corrected chi connectivity index (χ4v) is 0.786. The number of hydrogen-bond donors (Lipinski definition) is 0. The second-order valence-electron chi connectivity index (χ2n) is 2.59. The van der Waals surface area contributed by atoms with E-state index in [1.54, 1.807) is 0 Å². The van der Waals surface area contributed by atoms with Gasteiger partial charge < -0.3 is 4.74 Å². The van der Waals surface area contributed by atoms with E-state index >= 15 is 0 Å². The second kappa shape index (κ2) is 2.02. The molecule has 0 aromatic carbocycles. The lowest BCUT2D eigenvalue weighted by molar-refractivity contribution is 0.153. The molecule has 9 heavy (non-hydrogen) atoms. The number of likely N-dealkylation sites (N-methyl/N-ethyl adjacent to an activating group) is 1. The first-order chi connectivity index (χ1) is 4.19. The molecule has 0 N–H and O–H groups in total. The molecule has 1 aliphatic rings. The van der Waals surface area contributed by atoms with Crippen molar-refractivity contribution in [2.75, 3.05) is 20.4 Å². The Kier molecular flexibility index (Phi) is 1.48. The van der Waals surface area contributed by atoms with E-state index in [0.29, 0.717) is 13.3 Å². The van der Waals surface area contributed by atoms with E-state index in [-0.39, 0.29) is 5.54 Å². The van der Waals surface area contributed by atoms with Gasteiger partial charge >= 0.3 is 0 Å². The Labute approximate surface area is 55.8 Å². The van der Waals surface area contributed by atoms with Crippen molar-refractivity contribution < 1.29 is 4.74 Å². The van der Waals surface area contributed by atoms with Crippen molar-refractivity contribution in [3.8, 4) is 12.3 Å². The molecule has 2 nitrogen and oxygen atoms in total. The van der Waals surface area contributed by atoms with Crippen molar-refractivity contribution in [1.82, 2.24) is 4.90 Å². The zero-order valence-corrected chi connectivity index (χ0v) is 5.85. The van der Waals surface area contributed by atoms with Gasteiger partial charge in [-0.3, -0.25) is 4.90 Å². The summed E-state index contributed by atoms with van der Waals surface area (Å²) in [6, 6.07) is 0. The molecule has 2 heteroatoms. The Bertz CT molecular complexity index is 149. The number of terminal acetylenes is 1. The number of hydrogen-bond acceptors (Lipinski definition) is 2. The van der Waals surface area contributed by atoms with Crippen LogP contribution in [0, 0.1) is 12.3 Å². The van der Waals surface area contributed by atoms with Gasteiger partial charge in [-0.1, -0.05) is 5.92 Å². The highest BCUT2D eigenvalue weighted by Gasteiger charge is 2.32. The maximum Gasteiger partial charge on any atom is 0.105 e. The molecule has 1 unspecified atom stereocenters. The van der Waals surface area contributed by atoms with E-state index in [4.69, 9.17) is 11.2 Å². The van der Waals surface area contributed by atoms with Crippen LogP contribution in [0.1, 0.15) is 6.92 Å². The Balaban J connectivity index is 2.70. The highest BCUT2D eigenvalue weighted by molar-refractivity contribution is 5.12. The quantitative estimate of drug-likeness (QED) is 0.432. The lowest BCUT2D eigenvalue weighted by Crippen LogP contribution is -2.38. The van der Waals surface area contributed by atoms with E-state index in [1.807, 2.05) is 18.9 Å². The van der Waals surface area contributed by atoms with Gasteiger partial charge in [0.15, 0.2) is 0 Å². The largest absolute Gasteiger partial charge is 0.363 e. The van der Waals surface area contributed by atoms with Crippen LogP contribution in [0.25, 0.3) is 0 Å². The van der Waals surface area contributed by atoms with E-state index < -0.39 is 0 Å². The molecule has 1 fully saturated rings. The molecular weight excluding hydrogens is 114 g/mol. The normalized spacial score (nSPS) is 36.6. The average Bonchev–Trinajstić information content (AvgIpc) is 2.15. The molecule has 0 aliphatic carbocycles. The zero-order valence-electron chi connectivity index (χ0n) is 5.85. The van der Waals surface area contributed by atoms with Crippen LogP contribution >= 0.6 is 0 Å². The molecule has 0 aromatic heterocycles. The topological polar surface area (TPSA) is 12.5 Å². The van der Waals surface area contributed by atoms with Gasteiger partial charge in [-0.05, 0) is 14.0 Å². The molecular formula is C7H11NO. The van der Waals surface area contributed by atoms with Crippen LogP contribution in [0.2, 0.25) is 0 Å².